The Morgan fingerprint density at radius 3 is 2.88 bits per heavy atom. The number of benzene rings is 2. The Labute approximate surface area is 161 Å². The molecule has 0 saturated heterocycles. The van der Waals surface area contributed by atoms with Gasteiger partial charge < -0.3 is 14.9 Å². The van der Waals surface area contributed by atoms with Crippen molar-refractivity contribution in [2.75, 3.05) is 6.61 Å². The maximum absolute atomic E-state index is 12.4. The lowest BCUT2D eigenvalue weighted by Crippen LogP contribution is -2.34. The van der Waals surface area contributed by atoms with E-state index < -0.39 is 6.10 Å². The maximum Gasteiger partial charge on any atom is 0.264 e. The smallest absolute Gasteiger partial charge is 0.264 e. The van der Waals surface area contributed by atoms with Crippen LogP contribution in [0.5, 0.6) is 5.75 Å². The van der Waals surface area contributed by atoms with Gasteiger partial charge in [-0.1, -0.05) is 52.6 Å². The van der Waals surface area contributed by atoms with Crippen molar-refractivity contribution in [1.82, 2.24) is 5.32 Å². The van der Waals surface area contributed by atoms with Gasteiger partial charge in [-0.25, -0.2) is 0 Å². The highest BCUT2D eigenvalue weighted by molar-refractivity contribution is 6.37. The summed E-state index contributed by atoms with van der Waals surface area (Å²) in [6.07, 6.45) is -0.337. The lowest BCUT2D eigenvalue weighted by atomic mass is 10.0. The van der Waals surface area contributed by atoms with E-state index in [1.807, 2.05) is 31.2 Å². The molecule has 2 aromatic carbocycles. The second-order valence-electron chi connectivity index (χ2n) is 5.72. The van der Waals surface area contributed by atoms with E-state index in [9.17, 15) is 4.79 Å². The second-order valence-corrected chi connectivity index (χ2v) is 6.56. The molecule has 0 saturated carbocycles. The molecular formula is C19H18Cl2N2O3. The van der Waals surface area contributed by atoms with Gasteiger partial charge in [-0.15, -0.1) is 0 Å². The first-order valence-electron chi connectivity index (χ1n) is 8.25. The van der Waals surface area contributed by atoms with Gasteiger partial charge in [0.2, 0.25) is 6.10 Å². The van der Waals surface area contributed by atoms with Crippen molar-refractivity contribution in [3.05, 3.63) is 63.6 Å². The molecule has 1 amide bonds. The fourth-order valence-corrected chi connectivity index (χ4v) is 3.16. The largest absolute Gasteiger partial charge is 0.494 e. The molecule has 26 heavy (non-hydrogen) atoms. The first-order chi connectivity index (χ1) is 12.6. The highest BCUT2D eigenvalue weighted by atomic mass is 35.5. The Morgan fingerprint density at radius 1 is 1.31 bits per heavy atom. The molecule has 0 radical (unpaired) electrons. The van der Waals surface area contributed by atoms with Crippen LogP contribution in [0.25, 0.3) is 0 Å². The molecule has 7 heteroatoms. The van der Waals surface area contributed by atoms with E-state index in [0.717, 1.165) is 11.3 Å². The number of amides is 1. The molecule has 0 aromatic heterocycles. The number of para-hydroxylation sites is 1. The molecule has 1 N–H and O–H groups in total. The SMILES string of the molecule is CCOc1ccccc1CNC(=O)[C@@H]1CC(c2ccc(Cl)cc2Cl)=NO1. The zero-order valence-corrected chi connectivity index (χ0v) is 15.7. The van der Waals surface area contributed by atoms with Gasteiger partial charge in [-0.3, -0.25) is 4.79 Å². The van der Waals surface area contributed by atoms with Crippen molar-refractivity contribution in [2.24, 2.45) is 5.16 Å². The van der Waals surface area contributed by atoms with E-state index in [2.05, 4.69) is 10.5 Å². The Balaban J connectivity index is 1.59. The van der Waals surface area contributed by atoms with Gasteiger partial charge in [0.05, 0.1) is 17.3 Å². The number of nitrogens with zero attached hydrogens (tertiary/aromatic N) is 1. The zero-order valence-electron chi connectivity index (χ0n) is 14.2. The van der Waals surface area contributed by atoms with Gasteiger partial charge in [0.15, 0.2) is 0 Å². The van der Waals surface area contributed by atoms with E-state index in [4.69, 9.17) is 32.8 Å². The van der Waals surface area contributed by atoms with E-state index in [-0.39, 0.29) is 5.91 Å². The third kappa shape index (κ3) is 4.29. The number of rotatable bonds is 6. The van der Waals surface area contributed by atoms with Gasteiger partial charge in [0.25, 0.3) is 5.91 Å². The van der Waals surface area contributed by atoms with Gasteiger partial charge >= 0.3 is 0 Å². The van der Waals surface area contributed by atoms with Crippen LogP contribution in [-0.2, 0) is 16.2 Å². The normalized spacial score (nSPS) is 16.0. The summed E-state index contributed by atoms with van der Waals surface area (Å²) in [4.78, 5) is 17.7. The van der Waals surface area contributed by atoms with Crippen LogP contribution in [0.15, 0.2) is 47.6 Å². The molecule has 3 rings (SSSR count). The molecule has 0 bridgehead atoms. The fraction of sp³-hybridized carbons (Fsp3) is 0.263. The van der Waals surface area contributed by atoms with Crippen molar-refractivity contribution >= 4 is 34.8 Å². The predicted molar refractivity (Wildman–Crippen MR) is 102 cm³/mol. The summed E-state index contributed by atoms with van der Waals surface area (Å²) in [5.74, 6) is 0.521. The minimum absolute atomic E-state index is 0.236. The third-order valence-electron chi connectivity index (χ3n) is 3.93. The average Bonchev–Trinajstić information content (AvgIpc) is 3.11. The molecule has 1 aliphatic heterocycles. The summed E-state index contributed by atoms with van der Waals surface area (Å²) >= 11 is 12.1. The van der Waals surface area contributed by atoms with Gasteiger partial charge in [0.1, 0.15) is 5.75 Å². The van der Waals surface area contributed by atoms with Crippen molar-refractivity contribution < 1.29 is 14.4 Å². The van der Waals surface area contributed by atoms with E-state index in [0.29, 0.717) is 40.9 Å². The van der Waals surface area contributed by atoms with Crippen LogP contribution in [-0.4, -0.2) is 24.3 Å². The zero-order chi connectivity index (χ0) is 18.5. The minimum atomic E-state index is -0.684. The van der Waals surface area contributed by atoms with Crippen LogP contribution in [0, 0.1) is 0 Å². The van der Waals surface area contributed by atoms with Crippen molar-refractivity contribution in [2.45, 2.75) is 26.0 Å². The molecule has 136 valence electrons. The highest BCUT2D eigenvalue weighted by Gasteiger charge is 2.29. The van der Waals surface area contributed by atoms with Crippen LogP contribution in [0.3, 0.4) is 0 Å². The number of nitrogens with one attached hydrogen (secondary N) is 1. The molecule has 1 heterocycles. The first-order valence-corrected chi connectivity index (χ1v) is 9.00. The molecular weight excluding hydrogens is 375 g/mol. The van der Waals surface area contributed by atoms with Crippen molar-refractivity contribution in [1.29, 1.82) is 0 Å². The van der Waals surface area contributed by atoms with Crippen LogP contribution in [0.4, 0.5) is 0 Å². The lowest BCUT2D eigenvalue weighted by Gasteiger charge is -2.12. The molecule has 0 fully saturated rings. The summed E-state index contributed by atoms with van der Waals surface area (Å²) < 4.78 is 5.56. The maximum atomic E-state index is 12.4. The number of hydrogen-bond acceptors (Lipinski definition) is 4. The molecule has 1 aliphatic rings. The molecule has 0 aliphatic carbocycles. The van der Waals surface area contributed by atoms with Crippen LogP contribution in [0.2, 0.25) is 10.0 Å². The Hall–Kier alpha value is -2.24. The number of carbonyl (C=O) groups is 1. The molecule has 0 unspecified atom stereocenters. The average molecular weight is 393 g/mol. The highest BCUT2D eigenvalue weighted by Crippen LogP contribution is 2.26. The summed E-state index contributed by atoms with van der Waals surface area (Å²) in [5, 5.41) is 7.89. The van der Waals surface area contributed by atoms with E-state index >= 15 is 0 Å². The Bertz CT molecular complexity index is 839. The number of oxime groups is 1. The van der Waals surface area contributed by atoms with E-state index in [1.54, 1.807) is 18.2 Å². The quantitative estimate of drug-likeness (QED) is 0.800. The minimum Gasteiger partial charge on any atom is -0.494 e. The second kappa shape index (κ2) is 8.43. The first kappa shape index (κ1) is 18.5. The van der Waals surface area contributed by atoms with E-state index in [1.165, 1.54) is 0 Å². The van der Waals surface area contributed by atoms with Crippen molar-refractivity contribution in [3.63, 3.8) is 0 Å². The predicted octanol–water partition coefficient (Wildman–Crippen LogP) is 4.20. The van der Waals surface area contributed by atoms with Crippen molar-refractivity contribution in [3.8, 4) is 5.75 Å². The van der Waals surface area contributed by atoms with Gasteiger partial charge in [0, 0.05) is 29.1 Å². The van der Waals surface area contributed by atoms with Gasteiger partial charge in [-0.2, -0.15) is 0 Å². The number of ether oxygens (including phenoxy) is 1. The summed E-state index contributed by atoms with van der Waals surface area (Å²) in [6.45, 7) is 2.84. The van der Waals surface area contributed by atoms with Crippen LogP contribution < -0.4 is 10.1 Å². The molecule has 1 atom stereocenters. The third-order valence-corrected chi connectivity index (χ3v) is 4.48. The molecule has 2 aromatic rings. The monoisotopic (exact) mass is 392 g/mol. The summed E-state index contributed by atoms with van der Waals surface area (Å²) in [5.41, 5.74) is 2.25. The molecule has 5 nitrogen and oxygen atoms in total. The summed E-state index contributed by atoms with van der Waals surface area (Å²) in [6, 6.07) is 12.7. The number of hydrogen-bond donors (Lipinski definition) is 1. The fourth-order valence-electron chi connectivity index (χ4n) is 2.64. The Morgan fingerprint density at radius 2 is 2.12 bits per heavy atom. The standard InChI is InChI=1S/C19H18Cl2N2O3/c1-2-25-17-6-4-3-5-12(17)11-22-19(24)18-10-16(23-26-18)14-8-7-13(20)9-15(14)21/h3-9,18H,2,10-11H2,1H3,(H,22,24)/t18-/m0/s1. The van der Waals surface area contributed by atoms with Crippen LogP contribution in [0.1, 0.15) is 24.5 Å². The lowest BCUT2D eigenvalue weighted by molar-refractivity contribution is -0.131. The van der Waals surface area contributed by atoms with Gasteiger partial charge in [-0.05, 0) is 25.1 Å². The molecule has 0 spiro atoms. The number of carbonyl (C=O) groups excluding carboxylic acids is 1. The topological polar surface area (TPSA) is 59.9 Å². The van der Waals surface area contributed by atoms with Crippen LogP contribution >= 0.6 is 23.2 Å². The summed E-state index contributed by atoms with van der Waals surface area (Å²) in [7, 11) is 0. The number of halogens is 2. The Kier molecular flexibility index (Phi) is 6.01.